The zero-order chi connectivity index (χ0) is 17.8. The smallest absolute Gasteiger partial charge is 0.297 e. The summed E-state index contributed by atoms with van der Waals surface area (Å²) in [5, 5.41) is 0.741. The molecule has 25 heavy (non-hydrogen) atoms. The van der Waals surface area contributed by atoms with Crippen molar-refractivity contribution in [2.75, 3.05) is 25.1 Å². The fourth-order valence-electron chi connectivity index (χ4n) is 2.58. The van der Waals surface area contributed by atoms with Crippen LogP contribution in [0.2, 0.25) is 0 Å². The second-order valence-corrected chi connectivity index (χ2v) is 5.81. The number of hydrogen-bond acceptors (Lipinski definition) is 4. The van der Waals surface area contributed by atoms with E-state index < -0.39 is 12.2 Å². The third-order valence-electron chi connectivity index (χ3n) is 3.84. The molecule has 0 unspecified atom stereocenters. The number of aryl methyl sites for hydroxylation is 1. The topological polar surface area (TPSA) is 38.2 Å². The van der Waals surface area contributed by atoms with Crippen molar-refractivity contribution in [1.29, 1.82) is 0 Å². The van der Waals surface area contributed by atoms with E-state index in [2.05, 4.69) is 9.97 Å². The van der Waals surface area contributed by atoms with Crippen molar-refractivity contribution >= 4 is 16.7 Å². The van der Waals surface area contributed by atoms with Gasteiger partial charge in [-0.15, -0.1) is 0 Å². The molecule has 0 bridgehead atoms. The summed E-state index contributed by atoms with van der Waals surface area (Å²) in [6.07, 6.45) is -2.71. The minimum atomic E-state index is -2.71. The number of nitrogens with zero attached hydrogens (tertiary/aromatic N) is 3. The van der Waals surface area contributed by atoms with Crippen molar-refractivity contribution in [3.05, 3.63) is 59.9 Å². The van der Waals surface area contributed by atoms with Gasteiger partial charge in [-0.2, -0.15) is 0 Å². The van der Waals surface area contributed by atoms with Crippen LogP contribution in [0, 0.1) is 6.92 Å². The Balaban J connectivity index is 1.78. The normalized spacial score (nSPS) is 11.1. The van der Waals surface area contributed by atoms with Gasteiger partial charge in [-0.3, -0.25) is 0 Å². The van der Waals surface area contributed by atoms with E-state index >= 15 is 0 Å². The average molecular weight is 343 g/mol. The molecule has 0 saturated heterocycles. The molecule has 3 aromatic rings. The molecule has 3 rings (SSSR count). The van der Waals surface area contributed by atoms with Crippen molar-refractivity contribution in [3.8, 4) is 5.75 Å². The standard InChI is InChI=1S/C19H19F2N3O/c1-13-6-5-7-14(12-13)25-11-10-24(2)19-15-8-3-4-9-16(15)22-18(23-19)17(20)21/h3-9,12,17H,10-11H2,1-2H3. The molecule has 0 fully saturated rings. The molecule has 0 saturated carbocycles. The summed E-state index contributed by atoms with van der Waals surface area (Å²) in [6.45, 7) is 2.93. The van der Waals surface area contributed by atoms with Gasteiger partial charge < -0.3 is 9.64 Å². The minimum absolute atomic E-state index is 0.419. The molecule has 0 atom stereocenters. The predicted molar refractivity (Wildman–Crippen MR) is 94.4 cm³/mol. The molecular weight excluding hydrogens is 324 g/mol. The number of fused-ring (bicyclic) bond motifs is 1. The van der Waals surface area contributed by atoms with Crippen molar-refractivity contribution in [1.82, 2.24) is 9.97 Å². The third-order valence-corrected chi connectivity index (χ3v) is 3.84. The zero-order valence-electron chi connectivity index (χ0n) is 14.1. The van der Waals surface area contributed by atoms with E-state index in [-0.39, 0.29) is 0 Å². The predicted octanol–water partition coefficient (Wildman–Crippen LogP) is 4.39. The van der Waals surface area contributed by atoms with Gasteiger partial charge in [0.05, 0.1) is 12.1 Å². The molecule has 0 N–H and O–H groups in total. The second-order valence-electron chi connectivity index (χ2n) is 5.81. The quantitative estimate of drug-likeness (QED) is 0.665. The largest absolute Gasteiger partial charge is 0.492 e. The molecule has 0 amide bonds. The van der Waals surface area contributed by atoms with E-state index in [0.717, 1.165) is 16.7 Å². The number of likely N-dealkylation sites (N-methyl/N-ethyl adjacent to an activating group) is 1. The summed E-state index contributed by atoms with van der Waals surface area (Å²) in [5.41, 5.74) is 1.63. The Morgan fingerprint density at radius 2 is 1.88 bits per heavy atom. The number of halogens is 2. The number of benzene rings is 2. The van der Waals surface area contributed by atoms with Crippen molar-refractivity contribution < 1.29 is 13.5 Å². The van der Waals surface area contributed by atoms with Gasteiger partial charge in [0.25, 0.3) is 6.43 Å². The van der Waals surface area contributed by atoms with Gasteiger partial charge >= 0.3 is 0 Å². The Kier molecular flexibility index (Phi) is 5.07. The van der Waals surface area contributed by atoms with Gasteiger partial charge in [-0.1, -0.05) is 24.3 Å². The summed E-state index contributed by atoms with van der Waals surface area (Å²) in [5.74, 6) is 0.808. The summed E-state index contributed by atoms with van der Waals surface area (Å²) in [7, 11) is 1.81. The SMILES string of the molecule is Cc1cccc(OCCN(C)c2nc(C(F)F)nc3ccccc23)c1. The Bertz CT molecular complexity index is 870. The summed E-state index contributed by atoms with van der Waals surface area (Å²) < 4.78 is 31.9. The Labute approximate surface area is 145 Å². The first-order valence-corrected chi connectivity index (χ1v) is 8.00. The highest BCUT2D eigenvalue weighted by atomic mass is 19.3. The summed E-state index contributed by atoms with van der Waals surface area (Å²) >= 11 is 0. The number of rotatable bonds is 6. The monoisotopic (exact) mass is 343 g/mol. The molecule has 0 radical (unpaired) electrons. The number of anilines is 1. The van der Waals surface area contributed by atoms with Gasteiger partial charge in [0, 0.05) is 12.4 Å². The molecule has 4 nitrogen and oxygen atoms in total. The molecule has 1 heterocycles. The maximum absolute atomic E-state index is 13.1. The van der Waals surface area contributed by atoms with E-state index in [4.69, 9.17) is 4.74 Å². The first kappa shape index (κ1) is 17.1. The average Bonchev–Trinajstić information content (AvgIpc) is 2.60. The molecular formula is C19H19F2N3O. The van der Waals surface area contributed by atoms with Crippen LogP contribution in [0.15, 0.2) is 48.5 Å². The maximum atomic E-state index is 13.1. The molecule has 0 aliphatic carbocycles. The van der Waals surface area contributed by atoms with Gasteiger partial charge in [-0.25, -0.2) is 18.7 Å². The molecule has 130 valence electrons. The lowest BCUT2D eigenvalue weighted by Crippen LogP contribution is -2.25. The lowest BCUT2D eigenvalue weighted by molar-refractivity contribution is 0.141. The molecule has 2 aromatic carbocycles. The van der Waals surface area contributed by atoms with Crippen molar-refractivity contribution in [3.63, 3.8) is 0 Å². The van der Waals surface area contributed by atoms with Crippen LogP contribution in [0.5, 0.6) is 5.75 Å². The van der Waals surface area contributed by atoms with Crippen LogP contribution in [0.3, 0.4) is 0 Å². The van der Waals surface area contributed by atoms with Gasteiger partial charge in [-0.05, 0) is 36.8 Å². The number of hydrogen-bond donors (Lipinski definition) is 0. The highest BCUT2D eigenvalue weighted by Gasteiger charge is 2.17. The Morgan fingerprint density at radius 3 is 2.64 bits per heavy atom. The molecule has 0 spiro atoms. The van der Waals surface area contributed by atoms with E-state index in [1.165, 1.54) is 0 Å². The third kappa shape index (κ3) is 4.02. The first-order valence-electron chi connectivity index (χ1n) is 8.00. The van der Waals surface area contributed by atoms with Gasteiger partial charge in [0.15, 0.2) is 5.82 Å². The van der Waals surface area contributed by atoms with Gasteiger partial charge in [0.2, 0.25) is 0 Å². The molecule has 0 aliphatic rings. The van der Waals surface area contributed by atoms with E-state index in [9.17, 15) is 8.78 Å². The summed E-state index contributed by atoms with van der Waals surface area (Å²) in [4.78, 5) is 9.80. The lowest BCUT2D eigenvalue weighted by atomic mass is 10.2. The Hall–Kier alpha value is -2.76. The molecule has 0 aliphatic heterocycles. The number of ether oxygens (including phenoxy) is 1. The van der Waals surface area contributed by atoms with Crippen molar-refractivity contribution in [2.45, 2.75) is 13.3 Å². The maximum Gasteiger partial charge on any atom is 0.297 e. The van der Waals surface area contributed by atoms with Crippen LogP contribution in [-0.2, 0) is 0 Å². The number of aromatic nitrogens is 2. The Morgan fingerprint density at radius 1 is 1.08 bits per heavy atom. The van der Waals surface area contributed by atoms with Crippen molar-refractivity contribution in [2.24, 2.45) is 0 Å². The highest BCUT2D eigenvalue weighted by molar-refractivity contribution is 5.89. The first-order chi connectivity index (χ1) is 12.0. The fraction of sp³-hybridized carbons (Fsp3) is 0.263. The zero-order valence-corrected chi connectivity index (χ0v) is 14.1. The van der Waals surface area contributed by atoms with E-state index in [0.29, 0.717) is 24.5 Å². The van der Waals surface area contributed by atoms with Crippen LogP contribution >= 0.6 is 0 Å². The number of para-hydroxylation sites is 1. The van der Waals surface area contributed by atoms with Crippen LogP contribution < -0.4 is 9.64 Å². The van der Waals surface area contributed by atoms with Crippen LogP contribution in [0.1, 0.15) is 17.8 Å². The fourth-order valence-corrected chi connectivity index (χ4v) is 2.58. The van der Waals surface area contributed by atoms with Gasteiger partial charge in [0.1, 0.15) is 18.2 Å². The molecule has 6 heteroatoms. The lowest BCUT2D eigenvalue weighted by Gasteiger charge is -2.20. The van der Waals surface area contributed by atoms with Crippen LogP contribution in [0.25, 0.3) is 10.9 Å². The minimum Gasteiger partial charge on any atom is -0.492 e. The second kappa shape index (κ2) is 7.42. The molecule has 1 aromatic heterocycles. The highest BCUT2D eigenvalue weighted by Crippen LogP contribution is 2.26. The van der Waals surface area contributed by atoms with Crippen LogP contribution in [0.4, 0.5) is 14.6 Å². The van der Waals surface area contributed by atoms with Crippen LogP contribution in [-0.4, -0.2) is 30.2 Å². The van der Waals surface area contributed by atoms with E-state index in [1.54, 1.807) is 12.1 Å². The number of alkyl halides is 2. The van der Waals surface area contributed by atoms with E-state index in [1.807, 2.05) is 55.3 Å². The summed E-state index contributed by atoms with van der Waals surface area (Å²) in [6, 6.07) is 14.9.